The van der Waals surface area contributed by atoms with E-state index in [9.17, 15) is 14.4 Å². The largest absolute Gasteiger partial charge is 0.438 e. The van der Waals surface area contributed by atoms with Crippen LogP contribution in [0.3, 0.4) is 0 Å². The first kappa shape index (κ1) is 8.81. The van der Waals surface area contributed by atoms with E-state index < -0.39 is 17.7 Å². The molecule has 0 fully saturated rings. The lowest BCUT2D eigenvalue weighted by molar-refractivity contribution is -0.135. The molecule has 0 aromatic carbocycles. The average Bonchev–Trinajstić information content (AvgIpc) is 1.81. The molecule has 0 aliphatic carbocycles. The molecule has 0 heterocycles. The summed E-state index contributed by atoms with van der Waals surface area (Å²) >= 11 is 0. The molecule has 0 N–H and O–H groups in total. The Morgan fingerprint density at radius 1 is 1.30 bits per heavy atom. The zero-order valence-corrected chi connectivity index (χ0v) is 5.71. The van der Waals surface area contributed by atoms with Crippen molar-refractivity contribution in [2.45, 2.75) is 20.0 Å². The number of rotatable bonds is 4. The maximum Gasteiger partial charge on any atom is 0.418 e. The quantitative estimate of drug-likeness (QED) is 0.503. The summed E-state index contributed by atoms with van der Waals surface area (Å²) in [4.78, 5) is 30.5. The van der Waals surface area contributed by atoms with Crippen molar-refractivity contribution in [3.63, 3.8) is 0 Å². The van der Waals surface area contributed by atoms with E-state index in [0.29, 0.717) is 0 Å². The topological polar surface area (TPSA) is 60.4 Å². The molecule has 0 saturated carbocycles. The molecule has 55 valence electrons. The SMILES string of the molecule is CC(=O)C(O[C]=O)C(C)=O. The number of hydrogen-bond donors (Lipinski definition) is 0. The third-order valence-corrected chi connectivity index (χ3v) is 0.904. The van der Waals surface area contributed by atoms with Gasteiger partial charge in [0, 0.05) is 0 Å². The molecule has 4 nitrogen and oxygen atoms in total. The number of carbonyl (C=O) groups excluding carboxylic acids is 3. The molecule has 0 rings (SSSR count). The van der Waals surface area contributed by atoms with Crippen molar-refractivity contribution in [1.29, 1.82) is 0 Å². The fourth-order valence-corrected chi connectivity index (χ4v) is 0.500. The Labute approximate surface area is 58.2 Å². The van der Waals surface area contributed by atoms with Crippen LogP contribution in [-0.2, 0) is 19.1 Å². The number of carbonyl (C=O) groups is 2. The lowest BCUT2D eigenvalue weighted by Gasteiger charge is -2.04. The molecule has 0 aliphatic heterocycles. The molecule has 0 amide bonds. The van der Waals surface area contributed by atoms with Crippen LogP contribution in [0.1, 0.15) is 13.8 Å². The lowest BCUT2D eigenvalue weighted by Crippen LogP contribution is -2.28. The molecule has 0 bridgehead atoms. The summed E-state index contributed by atoms with van der Waals surface area (Å²) in [5.41, 5.74) is 0. The van der Waals surface area contributed by atoms with Gasteiger partial charge in [0.25, 0.3) is 0 Å². The third-order valence-electron chi connectivity index (χ3n) is 0.904. The predicted molar refractivity (Wildman–Crippen MR) is 31.9 cm³/mol. The fraction of sp³-hybridized carbons (Fsp3) is 0.500. The Bertz CT molecular complexity index is 147. The first-order chi connectivity index (χ1) is 4.59. The van der Waals surface area contributed by atoms with Crippen molar-refractivity contribution in [1.82, 2.24) is 0 Å². The van der Waals surface area contributed by atoms with Crippen molar-refractivity contribution in [2.24, 2.45) is 0 Å². The molecule has 0 unspecified atom stereocenters. The van der Waals surface area contributed by atoms with Crippen molar-refractivity contribution in [3.8, 4) is 0 Å². The summed E-state index contributed by atoms with van der Waals surface area (Å²) in [6.45, 7) is 3.38. The molecular formula is C6H7O4. The van der Waals surface area contributed by atoms with Crippen LogP contribution >= 0.6 is 0 Å². The van der Waals surface area contributed by atoms with E-state index in [2.05, 4.69) is 4.74 Å². The Hall–Kier alpha value is -1.19. The molecule has 0 saturated heterocycles. The van der Waals surface area contributed by atoms with Gasteiger partial charge in [-0.25, -0.2) is 4.79 Å². The highest BCUT2D eigenvalue weighted by Crippen LogP contribution is 1.92. The summed E-state index contributed by atoms with van der Waals surface area (Å²) in [5.74, 6) is -0.980. The highest BCUT2D eigenvalue weighted by molar-refractivity contribution is 6.03. The first-order valence-electron chi connectivity index (χ1n) is 2.63. The van der Waals surface area contributed by atoms with E-state index in [1.54, 1.807) is 0 Å². The standard InChI is InChI=1S/C6H7O4/c1-4(8)6(5(2)9)10-3-7/h6H,1-2H3. The summed E-state index contributed by atoms with van der Waals surface area (Å²) in [5, 5.41) is 0. The van der Waals surface area contributed by atoms with Gasteiger partial charge in [0.05, 0.1) is 0 Å². The van der Waals surface area contributed by atoms with Gasteiger partial charge in [0.2, 0.25) is 6.10 Å². The number of ketones is 2. The Balaban J connectivity index is 4.11. The molecule has 10 heavy (non-hydrogen) atoms. The molecule has 0 spiro atoms. The van der Waals surface area contributed by atoms with E-state index in [-0.39, 0.29) is 0 Å². The zero-order chi connectivity index (χ0) is 8.15. The van der Waals surface area contributed by atoms with E-state index >= 15 is 0 Å². The van der Waals surface area contributed by atoms with Gasteiger partial charge in [0.1, 0.15) is 0 Å². The van der Waals surface area contributed by atoms with Crippen LogP contribution in [0.4, 0.5) is 0 Å². The van der Waals surface area contributed by atoms with Crippen LogP contribution in [0.15, 0.2) is 0 Å². The van der Waals surface area contributed by atoms with Crippen LogP contribution in [-0.4, -0.2) is 24.1 Å². The van der Waals surface area contributed by atoms with Crippen LogP contribution in [0.5, 0.6) is 0 Å². The molecule has 1 radical (unpaired) electrons. The van der Waals surface area contributed by atoms with Gasteiger partial charge in [-0.2, -0.15) is 0 Å². The summed E-state index contributed by atoms with van der Waals surface area (Å²) in [6.07, 6.45) is -1.27. The van der Waals surface area contributed by atoms with Gasteiger partial charge < -0.3 is 4.74 Å². The van der Waals surface area contributed by atoms with Gasteiger partial charge in [-0.05, 0) is 13.8 Å². The highest BCUT2D eigenvalue weighted by Gasteiger charge is 2.20. The lowest BCUT2D eigenvalue weighted by atomic mass is 10.2. The van der Waals surface area contributed by atoms with Gasteiger partial charge in [-0.1, -0.05) is 0 Å². The molecule has 0 aromatic heterocycles. The van der Waals surface area contributed by atoms with E-state index in [1.165, 1.54) is 13.8 Å². The maximum atomic E-state index is 10.5. The second kappa shape index (κ2) is 3.76. The van der Waals surface area contributed by atoms with Crippen molar-refractivity contribution in [2.75, 3.05) is 0 Å². The average molecular weight is 143 g/mol. The minimum atomic E-state index is -1.27. The Morgan fingerprint density at radius 2 is 1.70 bits per heavy atom. The maximum absolute atomic E-state index is 10.5. The Morgan fingerprint density at radius 3 is 1.80 bits per heavy atom. The Kier molecular flexibility index (Phi) is 3.32. The third kappa shape index (κ3) is 2.39. The normalized spacial score (nSPS) is 9.10. The zero-order valence-electron chi connectivity index (χ0n) is 5.71. The van der Waals surface area contributed by atoms with Crippen molar-refractivity contribution < 1.29 is 19.1 Å². The minimum absolute atomic E-state index is 0.490. The van der Waals surface area contributed by atoms with Gasteiger partial charge >= 0.3 is 6.47 Å². The number of hydrogen-bond acceptors (Lipinski definition) is 4. The first-order valence-corrected chi connectivity index (χ1v) is 2.63. The van der Waals surface area contributed by atoms with E-state index in [4.69, 9.17) is 0 Å². The van der Waals surface area contributed by atoms with Gasteiger partial charge in [-0.15, -0.1) is 0 Å². The van der Waals surface area contributed by atoms with Gasteiger partial charge in [0.15, 0.2) is 11.6 Å². The molecular weight excluding hydrogens is 136 g/mol. The second-order valence-electron chi connectivity index (χ2n) is 1.80. The minimum Gasteiger partial charge on any atom is -0.438 e. The summed E-state index contributed by atoms with van der Waals surface area (Å²) in [6, 6.07) is 0. The molecule has 0 aromatic rings. The number of Topliss-reactive ketones (excluding diaryl/α,β-unsaturated/α-hetero) is 2. The van der Waals surface area contributed by atoms with Crippen molar-refractivity contribution >= 4 is 18.0 Å². The van der Waals surface area contributed by atoms with Crippen LogP contribution in [0.2, 0.25) is 0 Å². The molecule has 4 heteroatoms. The van der Waals surface area contributed by atoms with Crippen LogP contribution in [0, 0.1) is 0 Å². The summed E-state index contributed by atoms with van der Waals surface area (Å²) < 4.78 is 4.06. The number of ether oxygens (including phenoxy) is 1. The van der Waals surface area contributed by atoms with Gasteiger partial charge in [-0.3, -0.25) is 9.59 Å². The van der Waals surface area contributed by atoms with Crippen LogP contribution < -0.4 is 0 Å². The van der Waals surface area contributed by atoms with Crippen LogP contribution in [0.25, 0.3) is 0 Å². The van der Waals surface area contributed by atoms with Crippen molar-refractivity contribution in [3.05, 3.63) is 0 Å². The van der Waals surface area contributed by atoms with E-state index in [0.717, 1.165) is 6.47 Å². The summed E-state index contributed by atoms with van der Waals surface area (Å²) in [7, 11) is 0. The fourth-order valence-electron chi connectivity index (χ4n) is 0.500. The monoisotopic (exact) mass is 143 g/mol. The molecule has 0 aliphatic rings. The highest BCUT2D eigenvalue weighted by atomic mass is 16.5. The van der Waals surface area contributed by atoms with E-state index in [1.807, 2.05) is 0 Å². The molecule has 0 atom stereocenters. The smallest absolute Gasteiger partial charge is 0.418 e. The second-order valence-corrected chi connectivity index (χ2v) is 1.80. The predicted octanol–water partition coefficient (Wildman–Crippen LogP) is -0.383.